The zero-order valence-corrected chi connectivity index (χ0v) is 11.1. The van der Waals surface area contributed by atoms with Crippen LogP contribution >= 0.6 is 15.9 Å². The Morgan fingerprint density at radius 1 is 1.47 bits per heavy atom. The number of nitrogens with one attached hydrogen (secondary N) is 1. The average Bonchev–Trinajstić information content (AvgIpc) is 2.73. The molecule has 3 N–H and O–H groups in total. The fraction of sp³-hybridized carbons (Fsp3) is 0.250. The van der Waals surface area contributed by atoms with Crippen LogP contribution < -0.4 is 11.3 Å². The smallest absolute Gasteiger partial charge is 0.101 e. The molecule has 2 heterocycles. The number of halogens is 1. The Morgan fingerprint density at radius 2 is 2.29 bits per heavy atom. The number of hydrogen-bond donors (Lipinski definition) is 2. The van der Waals surface area contributed by atoms with E-state index < -0.39 is 0 Å². The molecule has 2 aromatic heterocycles. The van der Waals surface area contributed by atoms with Crippen molar-refractivity contribution in [3.63, 3.8) is 0 Å². The highest BCUT2D eigenvalue weighted by molar-refractivity contribution is 9.10. The first kappa shape index (κ1) is 12.3. The second kappa shape index (κ2) is 5.44. The van der Waals surface area contributed by atoms with Crippen molar-refractivity contribution in [2.24, 2.45) is 5.84 Å². The molecule has 0 amide bonds. The number of aryl methyl sites for hydroxylation is 1. The van der Waals surface area contributed by atoms with Crippen molar-refractivity contribution >= 4 is 15.9 Å². The Labute approximate surface area is 108 Å². The molecule has 0 aliphatic rings. The van der Waals surface area contributed by atoms with Crippen molar-refractivity contribution in [3.8, 4) is 0 Å². The molecule has 0 fully saturated rings. The quantitative estimate of drug-likeness (QED) is 0.672. The molecule has 90 valence electrons. The summed E-state index contributed by atoms with van der Waals surface area (Å²) in [5.41, 5.74) is 4.96. The summed E-state index contributed by atoms with van der Waals surface area (Å²) in [5.74, 6) is 6.46. The van der Waals surface area contributed by atoms with Crippen molar-refractivity contribution in [2.75, 3.05) is 0 Å². The summed E-state index contributed by atoms with van der Waals surface area (Å²) in [7, 11) is 0. The minimum atomic E-state index is 0.0311. The Balaban J connectivity index is 2.15. The Bertz CT molecular complexity index is 498. The third-order valence-corrected chi connectivity index (χ3v) is 2.99. The van der Waals surface area contributed by atoms with E-state index in [2.05, 4.69) is 26.3 Å². The van der Waals surface area contributed by atoms with Crippen molar-refractivity contribution in [1.82, 2.24) is 10.4 Å². The zero-order valence-electron chi connectivity index (χ0n) is 9.48. The lowest BCUT2D eigenvalue weighted by atomic mass is 10.0. The Hall–Kier alpha value is -1.17. The number of hydrogen-bond acceptors (Lipinski definition) is 4. The largest absolute Gasteiger partial charge is 0.469 e. The van der Waals surface area contributed by atoms with Gasteiger partial charge in [0.05, 0.1) is 12.3 Å². The van der Waals surface area contributed by atoms with Crippen LogP contribution in [0.1, 0.15) is 22.9 Å². The molecule has 0 aliphatic heterocycles. The standard InChI is InChI=1S/C12H14BrN3O/c1-8-2-10(7-17-8)12(16-14)4-9-3-11(13)6-15-5-9/h2-3,5-7,12,16H,4,14H2,1H3. The maximum absolute atomic E-state index is 5.58. The number of furan rings is 1. The van der Waals surface area contributed by atoms with Gasteiger partial charge in [0.15, 0.2) is 0 Å². The molecule has 17 heavy (non-hydrogen) atoms. The van der Waals surface area contributed by atoms with Gasteiger partial charge in [-0.1, -0.05) is 0 Å². The summed E-state index contributed by atoms with van der Waals surface area (Å²) >= 11 is 3.40. The highest BCUT2D eigenvalue weighted by Gasteiger charge is 2.13. The summed E-state index contributed by atoms with van der Waals surface area (Å²) in [6.07, 6.45) is 6.09. The lowest BCUT2D eigenvalue weighted by Crippen LogP contribution is -2.29. The second-order valence-corrected chi connectivity index (χ2v) is 4.84. The van der Waals surface area contributed by atoms with Gasteiger partial charge in [-0.15, -0.1) is 0 Å². The fourth-order valence-corrected chi connectivity index (χ4v) is 2.13. The molecule has 0 aromatic carbocycles. The van der Waals surface area contributed by atoms with Gasteiger partial charge < -0.3 is 4.42 Å². The molecule has 1 unspecified atom stereocenters. The number of rotatable bonds is 4. The van der Waals surface area contributed by atoms with Gasteiger partial charge in [-0.05, 0) is 47.0 Å². The van der Waals surface area contributed by atoms with Crippen LogP contribution in [0.2, 0.25) is 0 Å². The molecule has 0 aliphatic carbocycles. The van der Waals surface area contributed by atoms with Crippen LogP contribution in [-0.2, 0) is 6.42 Å². The Kier molecular flexibility index (Phi) is 3.93. The van der Waals surface area contributed by atoms with Crippen LogP contribution in [0.4, 0.5) is 0 Å². The van der Waals surface area contributed by atoms with Gasteiger partial charge in [-0.3, -0.25) is 16.3 Å². The van der Waals surface area contributed by atoms with Crippen LogP contribution in [0.15, 0.2) is 39.7 Å². The van der Waals surface area contributed by atoms with Crippen molar-refractivity contribution in [3.05, 3.63) is 52.1 Å². The molecule has 5 heteroatoms. The van der Waals surface area contributed by atoms with E-state index in [0.717, 1.165) is 27.8 Å². The first-order chi connectivity index (χ1) is 8.19. The molecule has 4 nitrogen and oxygen atoms in total. The molecule has 2 rings (SSSR count). The summed E-state index contributed by atoms with van der Waals surface area (Å²) in [6, 6.07) is 4.05. The van der Waals surface area contributed by atoms with Crippen molar-refractivity contribution in [2.45, 2.75) is 19.4 Å². The lowest BCUT2D eigenvalue weighted by molar-refractivity contribution is 0.511. The molecule has 0 saturated heterocycles. The predicted molar refractivity (Wildman–Crippen MR) is 69.2 cm³/mol. The van der Waals surface area contributed by atoms with Crippen LogP contribution in [0, 0.1) is 6.92 Å². The number of nitrogens with two attached hydrogens (primary N) is 1. The monoisotopic (exact) mass is 295 g/mol. The molecule has 0 spiro atoms. The summed E-state index contributed by atoms with van der Waals surface area (Å²) in [6.45, 7) is 1.91. The van der Waals surface area contributed by atoms with Gasteiger partial charge in [0.2, 0.25) is 0 Å². The number of hydrazine groups is 1. The van der Waals surface area contributed by atoms with Gasteiger partial charge in [0, 0.05) is 22.4 Å². The van der Waals surface area contributed by atoms with Gasteiger partial charge in [0.25, 0.3) is 0 Å². The maximum atomic E-state index is 5.58. The summed E-state index contributed by atoms with van der Waals surface area (Å²) < 4.78 is 6.26. The van der Waals surface area contributed by atoms with E-state index in [0.29, 0.717) is 0 Å². The van der Waals surface area contributed by atoms with E-state index in [1.807, 2.05) is 25.3 Å². The van der Waals surface area contributed by atoms with Crippen molar-refractivity contribution in [1.29, 1.82) is 0 Å². The normalized spacial score (nSPS) is 12.6. The van der Waals surface area contributed by atoms with Crippen LogP contribution in [0.25, 0.3) is 0 Å². The van der Waals surface area contributed by atoms with Gasteiger partial charge in [-0.2, -0.15) is 0 Å². The van der Waals surface area contributed by atoms with E-state index in [1.54, 1.807) is 12.5 Å². The fourth-order valence-electron chi connectivity index (χ4n) is 1.72. The second-order valence-electron chi connectivity index (χ2n) is 3.93. The van der Waals surface area contributed by atoms with Gasteiger partial charge in [-0.25, -0.2) is 0 Å². The third kappa shape index (κ3) is 3.15. The first-order valence-corrected chi connectivity index (χ1v) is 6.09. The third-order valence-electron chi connectivity index (χ3n) is 2.56. The Morgan fingerprint density at radius 3 is 2.88 bits per heavy atom. The zero-order chi connectivity index (χ0) is 12.3. The van der Waals surface area contributed by atoms with Gasteiger partial charge in [0.1, 0.15) is 5.76 Å². The maximum Gasteiger partial charge on any atom is 0.101 e. The van der Waals surface area contributed by atoms with Crippen LogP contribution in [-0.4, -0.2) is 4.98 Å². The van der Waals surface area contributed by atoms with E-state index >= 15 is 0 Å². The average molecular weight is 296 g/mol. The highest BCUT2D eigenvalue weighted by Crippen LogP contribution is 2.21. The van der Waals surface area contributed by atoms with E-state index in [1.165, 1.54) is 0 Å². The number of aromatic nitrogens is 1. The number of nitrogens with zero attached hydrogens (tertiary/aromatic N) is 1. The molecule has 1 atom stereocenters. The topological polar surface area (TPSA) is 64.1 Å². The van der Waals surface area contributed by atoms with Crippen molar-refractivity contribution < 1.29 is 4.42 Å². The van der Waals surface area contributed by atoms with E-state index in [-0.39, 0.29) is 6.04 Å². The molecular formula is C12H14BrN3O. The van der Waals surface area contributed by atoms with Gasteiger partial charge >= 0.3 is 0 Å². The lowest BCUT2D eigenvalue weighted by Gasteiger charge is -2.13. The SMILES string of the molecule is Cc1cc(C(Cc2cncc(Br)c2)NN)co1. The molecular weight excluding hydrogens is 282 g/mol. The predicted octanol–water partition coefficient (Wildman–Crippen LogP) is 2.49. The minimum Gasteiger partial charge on any atom is -0.469 e. The molecule has 0 bridgehead atoms. The molecule has 2 aromatic rings. The summed E-state index contributed by atoms with van der Waals surface area (Å²) in [5, 5.41) is 0. The van der Waals surface area contributed by atoms with Crippen LogP contribution in [0.3, 0.4) is 0 Å². The minimum absolute atomic E-state index is 0.0311. The number of pyridine rings is 1. The highest BCUT2D eigenvalue weighted by atomic mass is 79.9. The molecule has 0 radical (unpaired) electrons. The summed E-state index contributed by atoms with van der Waals surface area (Å²) in [4.78, 5) is 4.13. The first-order valence-electron chi connectivity index (χ1n) is 5.29. The van der Waals surface area contributed by atoms with Crippen LogP contribution in [0.5, 0.6) is 0 Å². The molecule has 0 saturated carbocycles. The van der Waals surface area contributed by atoms with E-state index in [9.17, 15) is 0 Å². The van der Waals surface area contributed by atoms with E-state index in [4.69, 9.17) is 10.3 Å².